The van der Waals surface area contributed by atoms with Crippen molar-refractivity contribution in [3.63, 3.8) is 0 Å². The maximum absolute atomic E-state index is 12.9. The van der Waals surface area contributed by atoms with E-state index < -0.39 is 0 Å². The molecule has 2 N–H and O–H groups in total. The third kappa shape index (κ3) is 3.39. The number of hydrogen-bond donors (Lipinski definition) is 2. The Balaban J connectivity index is 1.43. The molecule has 4 rings (SSSR count). The molecule has 7 nitrogen and oxygen atoms in total. The van der Waals surface area contributed by atoms with Gasteiger partial charge < -0.3 is 20.1 Å². The second-order valence-electron chi connectivity index (χ2n) is 5.45. The quantitative estimate of drug-likeness (QED) is 0.749. The van der Waals surface area contributed by atoms with Crippen LogP contribution in [0.2, 0.25) is 0 Å². The minimum absolute atomic E-state index is 0.202. The molecule has 0 bridgehead atoms. The van der Waals surface area contributed by atoms with E-state index in [-0.39, 0.29) is 24.1 Å². The number of ether oxygens (including phenoxy) is 2. The minimum Gasteiger partial charge on any atom is -0.454 e. The van der Waals surface area contributed by atoms with Crippen molar-refractivity contribution in [1.82, 2.24) is 9.97 Å². The van der Waals surface area contributed by atoms with Crippen molar-refractivity contribution >= 4 is 23.2 Å². The lowest BCUT2D eigenvalue weighted by Crippen LogP contribution is -2.13. The van der Waals surface area contributed by atoms with Gasteiger partial charge in [-0.2, -0.15) is 0 Å². The van der Waals surface area contributed by atoms with Crippen molar-refractivity contribution in [2.24, 2.45) is 0 Å². The number of benzene rings is 2. The Morgan fingerprint density at radius 3 is 2.42 bits per heavy atom. The number of carbonyl (C=O) groups excluding carboxylic acids is 1. The maximum Gasteiger partial charge on any atom is 0.258 e. The molecule has 1 aliphatic heterocycles. The number of amides is 1. The van der Waals surface area contributed by atoms with Crippen LogP contribution in [0.1, 0.15) is 10.4 Å². The standard InChI is InChI=1S/C18H13FN4O3/c19-12-1-3-13(4-2-12)22-17(24)11-8-20-18(21-9-11)23-14-5-6-15-16(7-14)26-10-25-15/h1-9H,10H2,(H,22,24)(H,20,21,23). The Bertz CT molecular complexity index is 946. The van der Waals surface area contributed by atoms with Gasteiger partial charge >= 0.3 is 0 Å². The van der Waals surface area contributed by atoms with E-state index in [0.29, 0.717) is 23.1 Å². The van der Waals surface area contributed by atoms with E-state index in [1.165, 1.54) is 36.7 Å². The average Bonchev–Trinajstić information content (AvgIpc) is 3.12. The fourth-order valence-corrected chi connectivity index (χ4v) is 2.35. The first-order valence-corrected chi connectivity index (χ1v) is 7.73. The van der Waals surface area contributed by atoms with Crippen molar-refractivity contribution in [2.45, 2.75) is 0 Å². The number of halogens is 1. The van der Waals surface area contributed by atoms with Gasteiger partial charge in [-0.15, -0.1) is 0 Å². The molecule has 0 spiro atoms. The molecule has 2 heterocycles. The van der Waals surface area contributed by atoms with Crippen LogP contribution in [0.3, 0.4) is 0 Å². The summed E-state index contributed by atoms with van der Waals surface area (Å²) in [6, 6.07) is 10.9. The first-order valence-electron chi connectivity index (χ1n) is 7.73. The van der Waals surface area contributed by atoms with Crippen LogP contribution in [0, 0.1) is 5.82 Å². The largest absolute Gasteiger partial charge is 0.454 e. The molecule has 1 aromatic heterocycles. The Hall–Kier alpha value is -3.68. The summed E-state index contributed by atoms with van der Waals surface area (Å²) in [7, 11) is 0. The smallest absolute Gasteiger partial charge is 0.258 e. The lowest BCUT2D eigenvalue weighted by atomic mass is 10.2. The van der Waals surface area contributed by atoms with Gasteiger partial charge in [-0.05, 0) is 36.4 Å². The molecule has 1 amide bonds. The fourth-order valence-electron chi connectivity index (χ4n) is 2.35. The molecule has 0 fully saturated rings. The summed E-state index contributed by atoms with van der Waals surface area (Å²) < 4.78 is 23.5. The minimum atomic E-state index is -0.383. The van der Waals surface area contributed by atoms with Crippen LogP contribution in [0.4, 0.5) is 21.7 Å². The summed E-state index contributed by atoms with van der Waals surface area (Å²) in [6.07, 6.45) is 2.81. The zero-order valence-corrected chi connectivity index (χ0v) is 13.4. The maximum atomic E-state index is 12.9. The molecule has 26 heavy (non-hydrogen) atoms. The first kappa shape index (κ1) is 15.8. The van der Waals surface area contributed by atoms with Crippen molar-refractivity contribution in [3.8, 4) is 11.5 Å². The molecule has 130 valence electrons. The summed E-state index contributed by atoms with van der Waals surface area (Å²) in [5.74, 6) is 0.910. The molecule has 0 radical (unpaired) electrons. The van der Waals surface area contributed by atoms with Crippen LogP contribution in [-0.2, 0) is 0 Å². The predicted molar refractivity (Wildman–Crippen MR) is 92.2 cm³/mol. The molecular formula is C18H13FN4O3. The van der Waals surface area contributed by atoms with Crippen molar-refractivity contribution in [2.75, 3.05) is 17.4 Å². The number of fused-ring (bicyclic) bond motifs is 1. The van der Waals surface area contributed by atoms with E-state index in [1.807, 2.05) is 6.07 Å². The van der Waals surface area contributed by atoms with Gasteiger partial charge in [-0.25, -0.2) is 14.4 Å². The number of aromatic nitrogens is 2. The van der Waals surface area contributed by atoms with Crippen LogP contribution in [0.15, 0.2) is 54.9 Å². The predicted octanol–water partition coefficient (Wildman–Crippen LogP) is 3.34. The van der Waals surface area contributed by atoms with Gasteiger partial charge in [-0.1, -0.05) is 0 Å². The van der Waals surface area contributed by atoms with Crippen molar-refractivity contribution < 1.29 is 18.7 Å². The second kappa shape index (κ2) is 6.67. The van der Waals surface area contributed by atoms with Gasteiger partial charge in [0.1, 0.15) is 5.82 Å². The number of nitrogens with one attached hydrogen (secondary N) is 2. The van der Waals surface area contributed by atoms with E-state index in [1.54, 1.807) is 12.1 Å². The summed E-state index contributed by atoms with van der Waals surface area (Å²) in [5, 5.41) is 5.67. The Morgan fingerprint density at radius 1 is 0.962 bits per heavy atom. The van der Waals surface area contributed by atoms with Gasteiger partial charge in [0.2, 0.25) is 12.7 Å². The summed E-state index contributed by atoms with van der Waals surface area (Å²) in [4.78, 5) is 20.4. The zero-order valence-electron chi connectivity index (χ0n) is 13.4. The average molecular weight is 352 g/mol. The van der Waals surface area contributed by atoms with Crippen LogP contribution >= 0.6 is 0 Å². The zero-order chi connectivity index (χ0) is 17.9. The molecule has 2 aromatic carbocycles. The van der Waals surface area contributed by atoms with E-state index in [2.05, 4.69) is 20.6 Å². The summed E-state index contributed by atoms with van der Waals surface area (Å²) >= 11 is 0. The molecule has 8 heteroatoms. The van der Waals surface area contributed by atoms with Gasteiger partial charge in [0.05, 0.1) is 5.56 Å². The van der Waals surface area contributed by atoms with Gasteiger partial charge in [0, 0.05) is 29.8 Å². The summed E-state index contributed by atoms with van der Waals surface area (Å²) in [6.45, 7) is 0.202. The third-order valence-electron chi connectivity index (χ3n) is 3.64. The highest BCUT2D eigenvalue weighted by molar-refractivity contribution is 6.03. The van der Waals surface area contributed by atoms with E-state index >= 15 is 0 Å². The Labute approximate surface area is 147 Å². The monoisotopic (exact) mass is 352 g/mol. The van der Waals surface area contributed by atoms with Crippen LogP contribution in [0.25, 0.3) is 0 Å². The normalized spacial score (nSPS) is 11.9. The number of nitrogens with zero attached hydrogens (tertiary/aromatic N) is 2. The summed E-state index contributed by atoms with van der Waals surface area (Å²) in [5.41, 5.74) is 1.50. The highest BCUT2D eigenvalue weighted by Crippen LogP contribution is 2.34. The van der Waals surface area contributed by atoms with E-state index in [4.69, 9.17) is 9.47 Å². The topological polar surface area (TPSA) is 85.4 Å². The molecule has 0 unspecified atom stereocenters. The Morgan fingerprint density at radius 2 is 1.65 bits per heavy atom. The number of rotatable bonds is 4. The number of anilines is 3. The molecular weight excluding hydrogens is 339 g/mol. The molecule has 0 atom stereocenters. The highest BCUT2D eigenvalue weighted by Gasteiger charge is 2.14. The number of carbonyl (C=O) groups is 1. The van der Waals surface area contributed by atoms with Gasteiger partial charge in [-0.3, -0.25) is 4.79 Å². The van der Waals surface area contributed by atoms with Crippen molar-refractivity contribution in [1.29, 1.82) is 0 Å². The van der Waals surface area contributed by atoms with E-state index in [0.717, 1.165) is 5.69 Å². The molecule has 0 saturated heterocycles. The van der Waals surface area contributed by atoms with Gasteiger partial charge in [0.15, 0.2) is 11.5 Å². The van der Waals surface area contributed by atoms with Crippen LogP contribution < -0.4 is 20.1 Å². The van der Waals surface area contributed by atoms with Gasteiger partial charge in [0.25, 0.3) is 5.91 Å². The lowest BCUT2D eigenvalue weighted by molar-refractivity contribution is 0.102. The first-order chi connectivity index (χ1) is 12.7. The highest BCUT2D eigenvalue weighted by atomic mass is 19.1. The molecule has 0 saturated carbocycles. The molecule has 3 aromatic rings. The lowest BCUT2D eigenvalue weighted by Gasteiger charge is -2.07. The molecule has 0 aliphatic carbocycles. The van der Waals surface area contributed by atoms with Crippen LogP contribution in [-0.4, -0.2) is 22.7 Å². The SMILES string of the molecule is O=C(Nc1ccc(F)cc1)c1cnc(Nc2ccc3c(c2)OCO3)nc1. The fraction of sp³-hybridized carbons (Fsp3) is 0.0556. The second-order valence-corrected chi connectivity index (χ2v) is 5.45. The van der Waals surface area contributed by atoms with Crippen LogP contribution in [0.5, 0.6) is 11.5 Å². The molecule has 1 aliphatic rings. The Kier molecular flexibility index (Phi) is 4.06. The van der Waals surface area contributed by atoms with Crippen molar-refractivity contribution in [3.05, 3.63) is 66.2 Å². The number of hydrogen-bond acceptors (Lipinski definition) is 6. The van der Waals surface area contributed by atoms with E-state index in [9.17, 15) is 9.18 Å². The third-order valence-corrected chi connectivity index (χ3v) is 3.64.